The zero-order valence-electron chi connectivity index (χ0n) is 14.8. The highest BCUT2D eigenvalue weighted by Gasteiger charge is 2.14. The molecule has 5 nitrogen and oxygen atoms in total. The van der Waals surface area contributed by atoms with E-state index in [0.717, 1.165) is 5.76 Å². The second-order valence-electron chi connectivity index (χ2n) is 5.96. The molecule has 0 aliphatic carbocycles. The minimum Gasteiger partial charge on any atom is -0.492 e. The minimum absolute atomic E-state index is 0.0483. The van der Waals surface area contributed by atoms with Crippen molar-refractivity contribution >= 4 is 28.8 Å². The average molecular weight is 405 g/mol. The lowest BCUT2D eigenvalue weighted by Gasteiger charge is -2.20. The van der Waals surface area contributed by atoms with E-state index in [1.807, 2.05) is 35.7 Å². The molecule has 0 unspecified atom stereocenters. The fourth-order valence-electron chi connectivity index (χ4n) is 2.59. The molecule has 1 aromatic carbocycles. The number of thiophene rings is 1. The van der Waals surface area contributed by atoms with Crippen molar-refractivity contribution in [1.82, 2.24) is 10.2 Å². The number of carbonyl (C=O) groups excluding carboxylic acids is 1. The Kier molecular flexibility index (Phi) is 7.33. The second kappa shape index (κ2) is 10.2. The van der Waals surface area contributed by atoms with Crippen LogP contribution >= 0.6 is 22.9 Å². The normalized spacial score (nSPS) is 10.9. The fourth-order valence-corrected chi connectivity index (χ4v) is 3.52. The molecular formula is C20H21ClN2O3S. The smallest absolute Gasteiger partial charge is 0.234 e. The minimum atomic E-state index is -0.0483. The second-order valence-corrected chi connectivity index (χ2v) is 7.43. The van der Waals surface area contributed by atoms with Gasteiger partial charge in [-0.3, -0.25) is 9.69 Å². The van der Waals surface area contributed by atoms with Crippen molar-refractivity contribution < 1.29 is 13.9 Å². The van der Waals surface area contributed by atoms with Gasteiger partial charge in [0.2, 0.25) is 5.91 Å². The molecule has 2 aromatic heterocycles. The predicted molar refractivity (Wildman–Crippen MR) is 107 cm³/mol. The largest absolute Gasteiger partial charge is 0.492 e. The Morgan fingerprint density at radius 1 is 1.19 bits per heavy atom. The number of nitrogens with zero attached hydrogens (tertiary/aromatic N) is 1. The van der Waals surface area contributed by atoms with Gasteiger partial charge in [0.15, 0.2) is 0 Å². The average Bonchev–Trinajstić information content (AvgIpc) is 3.33. The summed E-state index contributed by atoms with van der Waals surface area (Å²) in [7, 11) is 0. The number of hydrogen-bond acceptors (Lipinski definition) is 5. The number of rotatable bonds is 10. The van der Waals surface area contributed by atoms with E-state index < -0.39 is 0 Å². The number of ether oxygens (including phenoxy) is 1. The maximum atomic E-state index is 12.3. The van der Waals surface area contributed by atoms with Crippen LogP contribution in [0.25, 0.3) is 0 Å². The van der Waals surface area contributed by atoms with Crippen LogP contribution in [0.2, 0.25) is 5.02 Å². The van der Waals surface area contributed by atoms with Gasteiger partial charge in [0, 0.05) is 16.4 Å². The van der Waals surface area contributed by atoms with Crippen molar-refractivity contribution in [2.24, 2.45) is 0 Å². The molecule has 3 rings (SSSR count). The number of halogens is 1. The first-order valence-electron chi connectivity index (χ1n) is 8.61. The first-order valence-corrected chi connectivity index (χ1v) is 9.87. The van der Waals surface area contributed by atoms with Crippen LogP contribution in [0.1, 0.15) is 10.6 Å². The lowest BCUT2D eigenvalue weighted by molar-refractivity contribution is -0.122. The topological polar surface area (TPSA) is 54.7 Å². The highest BCUT2D eigenvalue weighted by atomic mass is 35.5. The molecule has 142 valence electrons. The summed E-state index contributed by atoms with van der Waals surface area (Å²) in [4.78, 5) is 15.6. The van der Waals surface area contributed by atoms with E-state index in [9.17, 15) is 4.79 Å². The zero-order chi connectivity index (χ0) is 18.9. The highest BCUT2D eigenvalue weighted by molar-refractivity contribution is 7.09. The number of furan rings is 1. The van der Waals surface area contributed by atoms with Crippen molar-refractivity contribution in [2.75, 3.05) is 19.7 Å². The van der Waals surface area contributed by atoms with Crippen LogP contribution in [-0.4, -0.2) is 30.5 Å². The van der Waals surface area contributed by atoms with Crippen molar-refractivity contribution in [3.8, 4) is 5.75 Å². The standard InChI is InChI=1S/C20H21ClN2O3S/c21-16-4-1-5-17(12-16)26-10-8-22-20(24)15-23(13-18-6-2-9-25-18)14-19-7-3-11-27-19/h1-7,9,11-12H,8,10,13-15H2,(H,22,24). The third kappa shape index (κ3) is 6.75. The summed E-state index contributed by atoms with van der Waals surface area (Å²) in [6, 6.07) is 15.0. The number of carbonyl (C=O) groups is 1. The van der Waals surface area contributed by atoms with Gasteiger partial charge in [-0.2, -0.15) is 0 Å². The zero-order valence-corrected chi connectivity index (χ0v) is 16.3. The molecule has 0 saturated heterocycles. The molecule has 0 bridgehead atoms. The summed E-state index contributed by atoms with van der Waals surface area (Å²) in [6.45, 7) is 2.38. The van der Waals surface area contributed by atoms with Crippen LogP contribution in [0, 0.1) is 0 Å². The molecule has 3 aromatic rings. The maximum Gasteiger partial charge on any atom is 0.234 e. The van der Waals surface area contributed by atoms with Gasteiger partial charge in [-0.25, -0.2) is 0 Å². The van der Waals surface area contributed by atoms with Crippen LogP contribution in [0.4, 0.5) is 0 Å². The Morgan fingerprint density at radius 3 is 2.85 bits per heavy atom. The first-order chi connectivity index (χ1) is 13.2. The van der Waals surface area contributed by atoms with Gasteiger partial charge in [0.1, 0.15) is 18.1 Å². The molecule has 0 aliphatic heterocycles. The van der Waals surface area contributed by atoms with Gasteiger partial charge < -0.3 is 14.5 Å². The van der Waals surface area contributed by atoms with E-state index in [4.69, 9.17) is 20.8 Å². The van der Waals surface area contributed by atoms with E-state index >= 15 is 0 Å². The quantitative estimate of drug-likeness (QED) is 0.515. The van der Waals surface area contributed by atoms with E-state index in [-0.39, 0.29) is 12.5 Å². The van der Waals surface area contributed by atoms with Crippen LogP contribution < -0.4 is 10.1 Å². The summed E-state index contributed by atoms with van der Waals surface area (Å²) in [5, 5.41) is 5.55. The SMILES string of the molecule is O=C(CN(Cc1ccco1)Cc1cccs1)NCCOc1cccc(Cl)c1. The first kappa shape index (κ1) is 19.5. The van der Waals surface area contributed by atoms with E-state index in [1.54, 1.807) is 29.7 Å². The molecule has 0 fully saturated rings. The van der Waals surface area contributed by atoms with Crippen molar-refractivity contribution in [3.63, 3.8) is 0 Å². The van der Waals surface area contributed by atoms with Crippen molar-refractivity contribution in [1.29, 1.82) is 0 Å². The highest BCUT2D eigenvalue weighted by Crippen LogP contribution is 2.17. The van der Waals surface area contributed by atoms with E-state index in [2.05, 4.69) is 16.3 Å². The summed E-state index contributed by atoms with van der Waals surface area (Å²) in [5.74, 6) is 1.48. The molecule has 2 heterocycles. The third-order valence-corrected chi connectivity index (χ3v) is 4.87. The molecule has 7 heteroatoms. The Bertz CT molecular complexity index is 785. The summed E-state index contributed by atoms with van der Waals surface area (Å²) in [6.07, 6.45) is 1.64. The number of amides is 1. The number of nitrogens with one attached hydrogen (secondary N) is 1. The molecular weight excluding hydrogens is 384 g/mol. The van der Waals surface area contributed by atoms with Crippen molar-refractivity contribution in [2.45, 2.75) is 13.1 Å². The molecule has 0 aliphatic rings. The predicted octanol–water partition coefficient (Wildman–Crippen LogP) is 4.19. The Hall–Kier alpha value is -2.28. The van der Waals surface area contributed by atoms with Gasteiger partial charge in [-0.05, 0) is 41.8 Å². The lowest BCUT2D eigenvalue weighted by Crippen LogP contribution is -2.38. The van der Waals surface area contributed by atoms with Gasteiger partial charge in [0.25, 0.3) is 0 Å². The molecule has 1 N–H and O–H groups in total. The lowest BCUT2D eigenvalue weighted by atomic mass is 10.3. The Labute approximate surface area is 167 Å². The summed E-state index contributed by atoms with van der Waals surface area (Å²) >= 11 is 7.60. The van der Waals surface area contributed by atoms with E-state index in [1.165, 1.54) is 4.88 Å². The van der Waals surface area contributed by atoms with Gasteiger partial charge >= 0.3 is 0 Å². The van der Waals surface area contributed by atoms with Crippen molar-refractivity contribution in [3.05, 3.63) is 75.8 Å². The van der Waals surface area contributed by atoms with Crippen LogP contribution in [0.5, 0.6) is 5.75 Å². The summed E-state index contributed by atoms with van der Waals surface area (Å²) < 4.78 is 11.0. The number of hydrogen-bond donors (Lipinski definition) is 1. The Balaban J connectivity index is 1.45. The molecule has 0 spiro atoms. The fraction of sp³-hybridized carbons (Fsp3) is 0.250. The van der Waals surface area contributed by atoms with Crippen LogP contribution in [-0.2, 0) is 17.9 Å². The van der Waals surface area contributed by atoms with Crippen LogP contribution in [0.3, 0.4) is 0 Å². The monoisotopic (exact) mass is 404 g/mol. The van der Waals surface area contributed by atoms with Gasteiger partial charge in [0.05, 0.1) is 25.9 Å². The molecule has 1 amide bonds. The molecule has 0 saturated carbocycles. The number of benzene rings is 1. The molecule has 0 atom stereocenters. The molecule has 0 radical (unpaired) electrons. The van der Waals surface area contributed by atoms with Gasteiger partial charge in [-0.15, -0.1) is 11.3 Å². The van der Waals surface area contributed by atoms with Crippen LogP contribution in [0.15, 0.2) is 64.6 Å². The third-order valence-electron chi connectivity index (χ3n) is 3.78. The maximum absolute atomic E-state index is 12.3. The molecule has 27 heavy (non-hydrogen) atoms. The van der Waals surface area contributed by atoms with Gasteiger partial charge in [-0.1, -0.05) is 23.7 Å². The Morgan fingerprint density at radius 2 is 2.11 bits per heavy atom. The summed E-state index contributed by atoms with van der Waals surface area (Å²) in [5.41, 5.74) is 0. The van der Waals surface area contributed by atoms with E-state index in [0.29, 0.717) is 37.0 Å².